The summed E-state index contributed by atoms with van der Waals surface area (Å²) in [6.07, 6.45) is 1.35. The molecule has 0 bridgehead atoms. The molecule has 1 aliphatic heterocycles. The SMILES string of the molecule is CCOC(=O)CON=C1CCCN(C(=O)c2ccc(N)cc2)c2ccccc21. The first-order valence-corrected chi connectivity index (χ1v) is 9.21. The molecule has 7 heteroatoms. The molecule has 0 radical (unpaired) electrons. The van der Waals surface area contributed by atoms with Crippen LogP contribution in [0.1, 0.15) is 35.7 Å². The van der Waals surface area contributed by atoms with Crippen LogP contribution in [0.3, 0.4) is 0 Å². The summed E-state index contributed by atoms with van der Waals surface area (Å²) in [5.74, 6) is -0.560. The van der Waals surface area contributed by atoms with Gasteiger partial charge < -0.3 is 20.2 Å². The van der Waals surface area contributed by atoms with Gasteiger partial charge in [-0.05, 0) is 50.1 Å². The number of amides is 1. The summed E-state index contributed by atoms with van der Waals surface area (Å²) < 4.78 is 4.84. The molecule has 2 aromatic rings. The number of hydrogen-bond acceptors (Lipinski definition) is 6. The Bertz CT molecular complexity index is 877. The van der Waals surface area contributed by atoms with E-state index in [0.29, 0.717) is 36.5 Å². The number of esters is 1. The molecule has 0 unspecified atom stereocenters. The van der Waals surface area contributed by atoms with Gasteiger partial charge in [0, 0.05) is 23.4 Å². The van der Waals surface area contributed by atoms with Gasteiger partial charge in [0.2, 0.25) is 6.61 Å². The van der Waals surface area contributed by atoms with Gasteiger partial charge in [0.05, 0.1) is 18.0 Å². The predicted molar refractivity (Wildman–Crippen MR) is 107 cm³/mol. The quantitative estimate of drug-likeness (QED) is 0.488. The highest BCUT2D eigenvalue weighted by atomic mass is 16.7. The highest BCUT2D eigenvalue weighted by molar-refractivity contribution is 6.13. The predicted octanol–water partition coefficient (Wildman–Crippen LogP) is 2.99. The van der Waals surface area contributed by atoms with Crippen LogP contribution < -0.4 is 10.6 Å². The normalized spacial score (nSPS) is 14.9. The summed E-state index contributed by atoms with van der Waals surface area (Å²) in [5, 5.41) is 4.15. The van der Waals surface area contributed by atoms with E-state index >= 15 is 0 Å². The molecule has 0 saturated carbocycles. The fourth-order valence-corrected chi connectivity index (χ4v) is 3.07. The fourth-order valence-electron chi connectivity index (χ4n) is 3.07. The number of para-hydroxylation sites is 1. The van der Waals surface area contributed by atoms with Gasteiger partial charge >= 0.3 is 5.97 Å². The molecule has 28 heavy (non-hydrogen) atoms. The molecular formula is C21H23N3O4. The van der Waals surface area contributed by atoms with Gasteiger partial charge in [0.1, 0.15) is 0 Å². The summed E-state index contributed by atoms with van der Waals surface area (Å²) in [7, 11) is 0. The number of anilines is 2. The van der Waals surface area contributed by atoms with Crippen LogP contribution >= 0.6 is 0 Å². The van der Waals surface area contributed by atoms with E-state index in [-0.39, 0.29) is 12.5 Å². The highest BCUT2D eigenvalue weighted by Crippen LogP contribution is 2.28. The maximum Gasteiger partial charge on any atom is 0.347 e. The number of ether oxygens (including phenoxy) is 1. The first kappa shape index (κ1) is 19.4. The number of nitrogens with zero attached hydrogens (tertiary/aromatic N) is 2. The van der Waals surface area contributed by atoms with Crippen LogP contribution in [0.2, 0.25) is 0 Å². The molecule has 2 aromatic carbocycles. The van der Waals surface area contributed by atoms with Crippen LogP contribution in [0, 0.1) is 0 Å². The topological polar surface area (TPSA) is 94.2 Å². The zero-order valence-electron chi connectivity index (χ0n) is 15.8. The average molecular weight is 381 g/mol. The Hall–Kier alpha value is -3.35. The van der Waals surface area contributed by atoms with Crippen molar-refractivity contribution >= 4 is 29.0 Å². The van der Waals surface area contributed by atoms with Crippen LogP contribution in [-0.4, -0.2) is 37.3 Å². The highest BCUT2D eigenvalue weighted by Gasteiger charge is 2.25. The molecule has 0 aromatic heterocycles. The Kier molecular flexibility index (Phi) is 6.26. The Morgan fingerprint density at radius 3 is 2.64 bits per heavy atom. The molecule has 1 aliphatic rings. The first-order valence-electron chi connectivity index (χ1n) is 9.21. The number of carbonyl (C=O) groups is 2. The molecule has 0 atom stereocenters. The van der Waals surface area contributed by atoms with Gasteiger partial charge in [-0.1, -0.05) is 23.4 Å². The molecule has 0 saturated heterocycles. The van der Waals surface area contributed by atoms with E-state index in [1.807, 2.05) is 24.3 Å². The van der Waals surface area contributed by atoms with Gasteiger partial charge in [-0.2, -0.15) is 0 Å². The molecule has 0 aliphatic carbocycles. The Labute approximate surface area is 163 Å². The van der Waals surface area contributed by atoms with E-state index in [4.69, 9.17) is 15.3 Å². The number of hydrogen-bond donors (Lipinski definition) is 1. The number of benzene rings is 2. The third-order valence-electron chi connectivity index (χ3n) is 4.37. The Morgan fingerprint density at radius 1 is 1.14 bits per heavy atom. The molecule has 7 nitrogen and oxygen atoms in total. The van der Waals surface area contributed by atoms with Crippen molar-refractivity contribution in [2.45, 2.75) is 19.8 Å². The second-order valence-corrected chi connectivity index (χ2v) is 6.32. The minimum absolute atomic E-state index is 0.0962. The molecule has 1 amide bonds. The van der Waals surface area contributed by atoms with Crippen molar-refractivity contribution in [2.75, 3.05) is 30.4 Å². The summed E-state index contributed by atoms with van der Waals surface area (Å²) in [6, 6.07) is 14.4. The molecule has 1 heterocycles. The van der Waals surface area contributed by atoms with Crippen molar-refractivity contribution in [1.29, 1.82) is 0 Å². The lowest BCUT2D eigenvalue weighted by Crippen LogP contribution is -2.31. The zero-order chi connectivity index (χ0) is 19.9. The Morgan fingerprint density at radius 2 is 1.89 bits per heavy atom. The Balaban J connectivity index is 1.85. The van der Waals surface area contributed by atoms with Gasteiger partial charge in [0.15, 0.2) is 0 Å². The van der Waals surface area contributed by atoms with Gasteiger partial charge in [-0.15, -0.1) is 0 Å². The minimum atomic E-state index is -0.464. The van der Waals surface area contributed by atoms with E-state index in [1.54, 1.807) is 36.1 Å². The van der Waals surface area contributed by atoms with Crippen LogP contribution in [0.5, 0.6) is 0 Å². The molecule has 146 valence electrons. The number of carbonyl (C=O) groups excluding carboxylic acids is 2. The first-order chi connectivity index (χ1) is 13.6. The van der Waals surface area contributed by atoms with Gasteiger partial charge in [0.25, 0.3) is 5.91 Å². The van der Waals surface area contributed by atoms with E-state index in [2.05, 4.69) is 5.16 Å². The van der Waals surface area contributed by atoms with Crippen molar-refractivity contribution in [3.8, 4) is 0 Å². The minimum Gasteiger partial charge on any atom is -0.463 e. The van der Waals surface area contributed by atoms with Crippen molar-refractivity contribution in [2.24, 2.45) is 5.16 Å². The monoisotopic (exact) mass is 381 g/mol. The third-order valence-corrected chi connectivity index (χ3v) is 4.37. The fraction of sp³-hybridized carbons (Fsp3) is 0.286. The number of nitrogens with two attached hydrogens (primary N) is 1. The smallest absolute Gasteiger partial charge is 0.347 e. The lowest BCUT2D eigenvalue weighted by atomic mass is 10.1. The zero-order valence-corrected chi connectivity index (χ0v) is 15.8. The molecule has 0 spiro atoms. The van der Waals surface area contributed by atoms with Crippen LogP contribution in [0.4, 0.5) is 11.4 Å². The third kappa shape index (κ3) is 4.49. The number of rotatable bonds is 5. The van der Waals surface area contributed by atoms with Crippen molar-refractivity contribution < 1.29 is 19.2 Å². The summed E-state index contributed by atoms with van der Waals surface area (Å²) in [5.41, 5.74) is 9.19. The maximum atomic E-state index is 13.1. The van der Waals surface area contributed by atoms with Gasteiger partial charge in [-0.25, -0.2) is 4.79 Å². The number of oxime groups is 1. The summed E-state index contributed by atoms with van der Waals surface area (Å²) >= 11 is 0. The summed E-state index contributed by atoms with van der Waals surface area (Å²) in [6.45, 7) is 2.34. The average Bonchev–Trinajstić information content (AvgIpc) is 2.88. The van der Waals surface area contributed by atoms with E-state index in [9.17, 15) is 9.59 Å². The van der Waals surface area contributed by atoms with Crippen molar-refractivity contribution in [3.63, 3.8) is 0 Å². The molecule has 2 N–H and O–H groups in total. The van der Waals surface area contributed by atoms with E-state index in [1.165, 1.54) is 0 Å². The van der Waals surface area contributed by atoms with Crippen LogP contribution in [0.25, 0.3) is 0 Å². The largest absolute Gasteiger partial charge is 0.463 e. The van der Waals surface area contributed by atoms with E-state index in [0.717, 1.165) is 17.7 Å². The van der Waals surface area contributed by atoms with Crippen molar-refractivity contribution in [1.82, 2.24) is 0 Å². The van der Waals surface area contributed by atoms with Gasteiger partial charge in [-0.3, -0.25) is 4.79 Å². The van der Waals surface area contributed by atoms with Crippen molar-refractivity contribution in [3.05, 3.63) is 59.7 Å². The number of nitrogen functional groups attached to an aromatic ring is 1. The van der Waals surface area contributed by atoms with E-state index < -0.39 is 5.97 Å². The number of fused-ring (bicyclic) bond motifs is 1. The molecule has 3 rings (SSSR count). The summed E-state index contributed by atoms with van der Waals surface area (Å²) in [4.78, 5) is 31.4. The van der Waals surface area contributed by atoms with Crippen LogP contribution in [0.15, 0.2) is 53.7 Å². The second kappa shape index (κ2) is 9.03. The standard InChI is InChI=1S/C21H23N3O4/c1-2-27-20(25)14-28-23-18-7-5-13-24(19-8-4-3-6-17(18)19)21(26)15-9-11-16(22)12-10-15/h3-4,6,8-12H,2,5,7,13-14,22H2,1H3. The maximum absolute atomic E-state index is 13.1. The second-order valence-electron chi connectivity index (χ2n) is 6.32. The molecular weight excluding hydrogens is 358 g/mol. The molecule has 0 fully saturated rings. The van der Waals surface area contributed by atoms with Crippen LogP contribution in [-0.2, 0) is 14.4 Å². The lowest BCUT2D eigenvalue weighted by molar-refractivity contribution is -0.148. The lowest BCUT2D eigenvalue weighted by Gasteiger charge is -2.22.